The highest BCUT2D eigenvalue weighted by Crippen LogP contribution is 2.36. The van der Waals surface area contributed by atoms with Crippen molar-refractivity contribution in [2.75, 3.05) is 19.5 Å². The quantitative estimate of drug-likeness (QED) is 0.263. The van der Waals surface area contributed by atoms with E-state index in [0.717, 1.165) is 25.8 Å². The van der Waals surface area contributed by atoms with E-state index < -0.39 is 0 Å². The summed E-state index contributed by atoms with van der Waals surface area (Å²) in [5.41, 5.74) is 4.45. The SMILES string of the molecule is C=CCOc1c(Br)cc(/C=N\NC(=O)CSCc2cccc(Br)c2)cc1OC. The number of nitrogens with zero attached hydrogens (tertiary/aromatic N) is 1. The zero-order chi connectivity index (χ0) is 20.4. The Bertz CT molecular complexity index is 859. The van der Waals surface area contributed by atoms with E-state index in [9.17, 15) is 4.79 Å². The largest absolute Gasteiger partial charge is 0.493 e. The van der Waals surface area contributed by atoms with Crippen LogP contribution in [0.25, 0.3) is 0 Å². The molecule has 0 saturated heterocycles. The number of carbonyl (C=O) groups is 1. The lowest BCUT2D eigenvalue weighted by Gasteiger charge is -2.12. The Morgan fingerprint density at radius 2 is 2.14 bits per heavy atom. The summed E-state index contributed by atoms with van der Waals surface area (Å²) in [7, 11) is 1.56. The summed E-state index contributed by atoms with van der Waals surface area (Å²) in [5.74, 6) is 2.08. The molecule has 0 aliphatic heterocycles. The first kappa shape index (κ1) is 22.5. The predicted molar refractivity (Wildman–Crippen MR) is 122 cm³/mol. The van der Waals surface area contributed by atoms with Gasteiger partial charge in [0.15, 0.2) is 11.5 Å². The summed E-state index contributed by atoms with van der Waals surface area (Å²) in [5, 5.41) is 4.01. The maximum atomic E-state index is 11.9. The molecule has 2 rings (SSSR count). The van der Waals surface area contributed by atoms with Crippen LogP contribution in [0.2, 0.25) is 0 Å². The van der Waals surface area contributed by atoms with E-state index >= 15 is 0 Å². The van der Waals surface area contributed by atoms with Gasteiger partial charge in [0.25, 0.3) is 0 Å². The molecule has 0 unspecified atom stereocenters. The fraction of sp³-hybridized carbons (Fsp3) is 0.200. The lowest BCUT2D eigenvalue weighted by atomic mass is 10.2. The molecule has 0 radical (unpaired) electrons. The standard InChI is InChI=1S/C20H20Br2N2O3S/c1-3-7-27-20-17(22)9-15(10-18(20)26-2)11-23-24-19(25)13-28-12-14-5-4-6-16(21)8-14/h3-6,8-11H,1,7,12-13H2,2H3,(H,24,25)/b23-11-. The number of carbonyl (C=O) groups excluding carboxylic acids is 1. The molecule has 0 saturated carbocycles. The van der Waals surface area contributed by atoms with E-state index in [0.29, 0.717) is 23.9 Å². The molecule has 0 atom stereocenters. The third-order valence-corrected chi connectivity index (χ3v) is 5.48. The fourth-order valence-electron chi connectivity index (χ4n) is 2.20. The molecular formula is C20H20Br2N2O3S. The van der Waals surface area contributed by atoms with Crippen molar-refractivity contribution in [1.29, 1.82) is 0 Å². The Morgan fingerprint density at radius 3 is 2.86 bits per heavy atom. The first-order chi connectivity index (χ1) is 13.5. The van der Waals surface area contributed by atoms with Gasteiger partial charge in [-0.05, 0) is 51.3 Å². The van der Waals surface area contributed by atoms with E-state index in [1.807, 2.05) is 30.3 Å². The van der Waals surface area contributed by atoms with Gasteiger partial charge < -0.3 is 9.47 Å². The number of thioether (sulfide) groups is 1. The normalized spacial score (nSPS) is 10.7. The van der Waals surface area contributed by atoms with Gasteiger partial charge in [-0.25, -0.2) is 5.43 Å². The lowest BCUT2D eigenvalue weighted by Crippen LogP contribution is -2.19. The third-order valence-electron chi connectivity index (χ3n) is 3.39. The number of ether oxygens (including phenoxy) is 2. The smallest absolute Gasteiger partial charge is 0.250 e. The first-order valence-electron chi connectivity index (χ1n) is 8.28. The first-order valence-corrected chi connectivity index (χ1v) is 11.0. The highest BCUT2D eigenvalue weighted by atomic mass is 79.9. The van der Waals surface area contributed by atoms with Crippen molar-refractivity contribution in [3.8, 4) is 11.5 Å². The minimum Gasteiger partial charge on any atom is -0.493 e. The van der Waals surface area contributed by atoms with Crippen LogP contribution in [0.5, 0.6) is 11.5 Å². The fourth-order valence-corrected chi connectivity index (χ4v) is 3.98. The molecule has 0 heterocycles. The number of rotatable bonds is 10. The number of hydrogen-bond acceptors (Lipinski definition) is 5. The van der Waals surface area contributed by atoms with Crippen molar-refractivity contribution in [1.82, 2.24) is 5.43 Å². The Balaban J connectivity index is 1.86. The summed E-state index contributed by atoms with van der Waals surface area (Å²) in [6.07, 6.45) is 3.22. The van der Waals surface area contributed by atoms with Crippen LogP contribution in [0.1, 0.15) is 11.1 Å². The highest BCUT2D eigenvalue weighted by molar-refractivity contribution is 9.10. The number of nitrogens with one attached hydrogen (secondary N) is 1. The average Bonchev–Trinajstić information content (AvgIpc) is 2.67. The number of hydrazone groups is 1. The van der Waals surface area contributed by atoms with Gasteiger partial charge in [0.2, 0.25) is 5.91 Å². The topological polar surface area (TPSA) is 59.9 Å². The molecule has 0 aliphatic carbocycles. The second kappa shape index (κ2) is 11.9. The number of benzene rings is 2. The molecule has 1 N–H and O–H groups in total. The minimum atomic E-state index is -0.159. The lowest BCUT2D eigenvalue weighted by molar-refractivity contribution is -0.118. The van der Waals surface area contributed by atoms with Crippen LogP contribution in [0.4, 0.5) is 0 Å². The number of amides is 1. The van der Waals surface area contributed by atoms with Crippen LogP contribution in [0.3, 0.4) is 0 Å². The Kier molecular flexibility index (Phi) is 9.60. The number of methoxy groups -OCH3 is 1. The molecule has 5 nitrogen and oxygen atoms in total. The Hall–Kier alpha value is -1.77. The second-order valence-electron chi connectivity index (χ2n) is 5.55. The van der Waals surface area contributed by atoms with Gasteiger partial charge in [-0.1, -0.05) is 40.7 Å². The number of hydrogen-bond donors (Lipinski definition) is 1. The summed E-state index contributed by atoms with van der Waals surface area (Å²) in [6.45, 7) is 4.00. The van der Waals surface area contributed by atoms with Gasteiger partial charge in [-0.15, -0.1) is 11.8 Å². The monoisotopic (exact) mass is 526 g/mol. The van der Waals surface area contributed by atoms with Crippen molar-refractivity contribution in [3.63, 3.8) is 0 Å². The van der Waals surface area contributed by atoms with Crippen LogP contribution in [-0.2, 0) is 10.5 Å². The summed E-state index contributed by atoms with van der Waals surface area (Å²) in [6, 6.07) is 11.6. The second-order valence-corrected chi connectivity index (χ2v) is 8.31. The maximum Gasteiger partial charge on any atom is 0.250 e. The van der Waals surface area contributed by atoms with E-state index in [1.54, 1.807) is 25.5 Å². The van der Waals surface area contributed by atoms with Gasteiger partial charge in [-0.2, -0.15) is 5.10 Å². The molecule has 2 aromatic rings. The Labute approximate surface area is 185 Å². The summed E-state index contributed by atoms with van der Waals surface area (Å²) >= 11 is 8.42. The molecule has 0 aromatic heterocycles. The van der Waals surface area contributed by atoms with E-state index in [2.05, 4.69) is 49.0 Å². The average molecular weight is 528 g/mol. The highest BCUT2D eigenvalue weighted by Gasteiger charge is 2.10. The predicted octanol–water partition coefficient (Wildman–Crippen LogP) is 5.17. The van der Waals surface area contributed by atoms with Crippen LogP contribution in [-0.4, -0.2) is 31.6 Å². The molecule has 28 heavy (non-hydrogen) atoms. The van der Waals surface area contributed by atoms with Crippen molar-refractivity contribution in [3.05, 3.63) is 69.1 Å². The van der Waals surface area contributed by atoms with Crippen LogP contribution in [0, 0.1) is 0 Å². The van der Waals surface area contributed by atoms with Crippen LogP contribution in [0.15, 0.2) is 63.1 Å². The molecule has 0 fully saturated rings. The molecule has 2 aromatic carbocycles. The molecule has 0 spiro atoms. The van der Waals surface area contributed by atoms with E-state index in [1.165, 1.54) is 11.8 Å². The van der Waals surface area contributed by atoms with Crippen molar-refractivity contribution >= 4 is 55.7 Å². The summed E-state index contributed by atoms with van der Waals surface area (Å²) in [4.78, 5) is 11.9. The molecule has 148 valence electrons. The molecule has 8 heteroatoms. The van der Waals surface area contributed by atoms with E-state index in [-0.39, 0.29) is 5.91 Å². The van der Waals surface area contributed by atoms with Gasteiger partial charge in [0.05, 0.1) is 23.5 Å². The van der Waals surface area contributed by atoms with Gasteiger partial charge in [-0.3, -0.25) is 4.79 Å². The van der Waals surface area contributed by atoms with Crippen LogP contribution < -0.4 is 14.9 Å². The molecule has 1 amide bonds. The molecular weight excluding hydrogens is 508 g/mol. The number of halogens is 2. The van der Waals surface area contributed by atoms with E-state index in [4.69, 9.17) is 9.47 Å². The van der Waals surface area contributed by atoms with Gasteiger partial charge in [0, 0.05) is 10.2 Å². The van der Waals surface area contributed by atoms with Gasteiger partial charge >= 0.3 is 0 Å². The molecule has 0 bridgehead atoms. The van der Waals surface area contributed by atoms with Crippen molar-refractivity contribution < 1.29 is 14.3 Å². The third kappa shape index (κ3) is 7.33. The van der Waals surface area contributed by atoms with Gasteiger partial charge in [0.1, 0.15) is 6.61 Å². The summed E-state index contributed by atoms with van der Waals surface area (Å²) < 4.78 is 12.7. The molecule has 0 aliphatic rings. The maximum absolute atomic E-state index is 11.9. The van der Waals surface area contributed by atoms with Crippen LogP contribution >= 0.6 is 43.6 Å². The zero-order valence-electron chi connectivity index (χ0n) is 15.3. The zero-order valence-corrected chi connectivity index (χ0v) is 19.3. The van der Waals surface area contributed by atoms with Crippen molar-refractivity contribution in [2.24, 2.45) is 5.10 Å². The minimum absolute atomic E-state index is 0.159. The van der Waals surface area contributed by atoms with Crippen molar-refractivity contribution in [2.45, 2.75) is 5.75 Å². The Morgan fingerprint density at radius 1 is 1.32 bits per heavy atom.